The number of allylic oxidation sites excluding steroid dienone is 2. The third-order valence-electron chi connectivity index (χ3n) is 2.12. The van der Waals surface area contributed by atoms with Crippen LogP contribution in [0.3, 0.4) is 0 Å². The second-order valence-electron chi connectivity index (χ2n) is 3.20. The molecule has 0 bridgehead atoms. The van der Waals surface area contributed by atoms with E-state index in [0.717, 1.165) is 0 Å². The summed E-state index contributed by atoms with van der Waals surface area (Å²) >= 11 is 1.87. The summed E-state index contributed by atoms with van der Waals surface area (Å²) in [6.45, 7) is 2.21. The van der Waals surface area contributed by atoms with Gasteiger partial charge in [-0.3, -0.25) is 0 Å². The van der Waals surface area contributed by atoms with E-state index in [9.17, 15) is 0 Å². The molecular formula is C13H12S. The molecule has 1 unspecified atom stereocenters. The largest absolute Gasteiger partial charge is 0.118 e. The summed E-state index contributed by atoms with van der Waals surface area (Å²) in [5.74, 6) is 0. The molecule has 0 aliphatic heterocycles. The van der Waals surface area contributed by atoms with Gasteiger partial charge in [-0.2, -0.15) is 0 Å². The van der Waals surface area contributed by atoms with E-state index in [2.05, 4.69) is 43.0 Å². The topological polar surface area (TPSA) is 0 Å². The number of hydrogen-bond acceptors (Lipinski definition) is 1. The first kappa shape index (κ1) is 9.39. The van der Waals surface area contributed by atoms with Crippen molar-refractivity contribution in [1.29, 1.82) is 0 Å². The predicted molar refractivity (Wildman–Crippen MR) is 62.5 cm³/mol. The summed E-state index contributed by atoms with van der Waals surface area (Å²) in [4.78, 5) is 1.31. The van der Waals surface area contributed by atoms with Gasteiger partial charge in [-0.1, -0.05) is 24.3 Å². The third-order valence-corrected chi connectivity index (χ3v) is 3.27. The number of benzene rings is 1. The Kier molecular flexibility index (Phi) is 2.93. The molecule has 0 N–H and O–H groups in total. The SMILES string of the molecule is CC(Sc1ccccc1)C1=C=CC=C1. The smallest absolute Gasteiger partial charge is 0.0389 e. The molecule has 1 heteroatoms. The maximum absolute atomic E-state index is 3.24. The minimum absolute atomic E-state index is 0.479. The molecule has 0 saturated heterocycles. The molecule has 2 rings (SSSR count). The Bertz CT molecular complexity index is 395. The van der Waals surface area contributed by atoms with Gasteiger partial charge < -0.3 is 0 Å². The molecule has 0 aromatic heterocycles. The third kappa shape index (κ3) is 2.20. The minimum Gasteiger partial charge on any atom is -0.118 e. The van der Waals surface area contributed by atoms with Gasteiger partial charge in [-0.15, -0.1) is 17.5 Å². The van der Waals surface area contributed by atoms with Gasteiger partial charge in [0.25, 0.3) is 0 Å². The van der Waals surface area contributed by atoms with Crippen LogP contribution >= 0.6 is 11.8 Å². The van der Waals surface area contributed by atoms with Crippen molar-refractivity contribution < 1.29 is 0 Å². The Morgan fingerprint density at radius 3 is 2.64 bits per heavy atom. The molecule has 0 nitrogen and oxygen atoms in total. The summed E-state index contributed by atoms with van der Waals surface area (Å²) in [5, 5.41) is 0.479. The van der Waals surface area contributed by atoms with E-state index in [4.69, 9.17) is 0 Å². The van der Waals surface area contributed by atoms with Crippen LogP contribution in [0.15, 0.2) is 64.8 Å². The standard InChI is InChI=1S/C13H12S/c1-11(12-7-5-6-8-12)14-13-9-3-2-4-10-13/h2-7,9-11H,1H3. The van der Waals surface area contributed by atoms with E-state index in [0.29, 0.717) is 5.25 Å². The van der Waals surface area contributed by atoms with E-state index in [-0.39, 0.29) is 0 Å². The zero-order valence-electron chi connectivity index (χ0n) is 8.10. The van der Waals surface area contributed by atoms with Crippen molar-refractivity contribution in [2.75, 3.05) is 0 Å². The van der Waals surface area contributed by atoms with Crippen molar-refractivity contribution in [2.45, 2.75) is 17.1 Å². The van der Waals surface area contributed by atoms with Crippen molar-refractivity contribution in [1.82, 2.24) is 0 Å². The van der Waals surface area contributed by atoms with Crippen LogP contribution in [0.1, 0.15) is 6.92 Å². The van der Waals surface area contributed by atoms with Crippen LogP contribution in [0.5, 0.6) is 0 Å². The summed E-state index contributed by atoms with van der Waals surface area (Å²) in [7, 11) is 0. The Balaban J connectivity index is 2.05. The highest BCUT2D eigenvalue weighted by Gasteiger charge is 2.08. The Labute approximate surface area is 89.0 Å². The molecule has 1 aromatic carbocycles. The molecule has 1 aliphatic rings. The Morgan fingerprint density at radius 1 is 1.21 bits per heavy atom. The van der Waals surface area contributed by atoms with E-state index in [1.165, 1.54) is 10.5 Å². The van der Waals surface area contributed by atoms with Crippen LogP contribution in [-0.4, -0.2) is 5.25 Å². The first-order chi connectivity index (χ1) is 6.86. The van der Waals surface area contributed by atoms with Gasteiger partial charge >= 0.3 is 0 Å². The lowest BCUT2D eigenvalue weighted by Crippen LogP contribution is -1.96. The van der Waals surface area contributed by atoms with Crippen molar-refractivity contribution in [3.63, 3.8) is 0 Å². The van der Waals surface area contributed by atoms with Crippen molar-refractivity contribution in [2.24, 2.45) is 0 Å². The summed E-state index contributed by atoms with van der Waals surface area (Å²) in [6, 6.07) is 10.5. The molecule has 70 valence electrons. The molecule has 1 aromatic rings. The highest BCUT2D eigenvalue weighted by molar-refractivity contribution is 8.00. The molecule has 0 saturated carbocycles. The quantitative estimate of drug-likeness (QED) is 0.528. The molecular weight excluding hydrogens is 188 g/mol. The van der Waals surface area contributed by atoms with Crippen LogP contribution in [0.25, 0.3) is 0 Å². The summed E-state index contributed by atoms with van der Waals surface area (Å²) in [6.07, 6.45) is 6.13. The first-order valence-corrected chi connectivity index (χ1v) is 5.59. The molecule has 0 radical (unpaired) electrons. The fraction of sp³-hybridized carbons (Fsp3) is 0.154. The number of hydrogen-bond donors (Lipinski definition) is 0. The maximum Gasteiger partial charge on any atom is 0.0389 e. The Hall–Kier alpha value is -1.17. The number of thioether (sulfide) groups is 1. The van der Waals surface area contributed by atoms with Crippen LogP contribution < -0.4 is 0 Å². The first-order valence-electron chi connectivity index (χ1n) is 4.71. The summed E-state index contributed by atoms with van der Waals surface area (Å²) < 4.78 is 0. The highest BCUT2D eigenvalue weighted by Crippen LogP contribution is 2.28. The van der Waals surface area contributed by atoms with E-state index >= 15 is 0 Å². The van der Waals surface area contributed by atoms with Crippen LogP contribution in [0.2, 0.25) is 0 Å². The van der Waals surface area contributed by atoms with Gasteiger partial charge in [0, 0.05) is 15.7 Å². The molecule has 14 heavy (non-hydrogen) atoms. The van der Waals surface area contributed by atoms with Crippen LogP contribution in [0, 0.1) is 0 Å². The van der Waals surface area contributed by atoms with Gasteiger partial charge in [-0.05, 0) is 31.2 Å². The number of rotatable bonds is 3. The van der Waals surface area contributed by atoms with E-state index in [1.54, 1.807) is 0 Å². The molecule has 1 aliphatic carbocycles. The maximum atomic E-state index is 3.24. The van der Waals surface area contributed by atoms with Crippen molar-refractivity contribution >= 4 is 11.8 Å². The molecule has 0 spiro atoms. The zero-order chi connectivity index (χ0) is 9.80. The second-order valence-corrected chi connectivity index (χ2v) is 4.61. The normalized spacial score (nSPS) is 15.6. The molecule has 0 heterocycles. The van der Waals surface area contributed by atoms with Gasteiger partial charge in [0.2, 0.25) is 0 Å². The van der Waals surface area contributed by atoms with Crippen molar-refractivity contribution in [3.05, 3.63) is 59.9 Å². The molecule has 0 amide bonds. The molecule has 0 fully saturated rings. The van der Waals surface area contributed by atoms with E-state index in [1.807, 2.05) is 30.0 Å². The average molecular weight is 200 g/mol. The lowest BCUT2D eigenvalue weighted by Gasteiger charge is -2.09. The fourth-order valence-corrected chi connectivity index (χ4v) is 2.36. The predicted octanol–water partition coefficient (Wildman–Crippen LogP) is 3.82. The second kappa shape index (κ2) is 4.36. The Morgan fingerprint density at radius 2 is 2.00 bits per heavy atom. The zero-order valence-corrected chi connectivity index (χ0v) is 8.92. The lowest BCUT2D eigenvalue weighted by molar-refractivity contribution is 1.18. The van der Waals surface area contributed by atoms with Crippen LogP contribution in [0.4, 0.5) is 0 Å². The van der Waals surface area contributed by atoms with Gasteiger partial charge in [0.1, 0.15) is 0 Å². The van der Waals surface area contributed by atoms with Crippen molar-refractivity contribution in [3.8, 4) is 0 Å². The van der Waals surface area contributed by atoms with Gasteiger partial charge in [0.15, 0.2) is 0 Å². The summed E-state index contributed by atoms with van der Waals surface area (Å²) in [5.41, 5.74) is 4.51. The molecule has 1 atom stereocenters. The van der Waals surface area contributed by atoms with Crippen LogP contribution in [-0.2, 0) is 0 Å². The lowest BCUT2D eigenvalue weighted by atomic mass is 10.2. The monoisotopic (exact) mass is 200 g/mol. The van der Waals surface area contributed by atoms with Gasteiger partial charge in [0.05, 0.1) is 0 Å². The fourth-order valence-electron chi connectivity index (χ4n) is 1.36. The highest BCUT2D eigenvalue weighted by atomic mass is 32.2. The van der Waals surface area contributed by atoms with E-state index < -0.39 is 0 Å². The minimum atomic E-state index is 0.479. The van der Waals surface area contributed by atoms with Gasteiger partial charge in [-0.25, -0.2) is 0 Å². The average Bonchev–Trinajstić information content (AvgIpc) is 2.72.